The van der Waals surface area contributed by atoms with E-state index in [1.807, 2.05) is 18.7 Å². The highest BCUT2D eigenvalue weighted by molar-refractivity contribution is 5.87. The molecule has 1 fully saturated rings. The van der Waals surface area contributed by atoms with Crippen LogP contribution in [-0.4, -0.2) is 71.0 Å². The van der Waals surface area contributed by atoms with Gasteiger partial charge in [0.1, 0.15) is 6.04 Å². The molecule has 0 aromatic heterocycles. The van der Waals surface area contributed by atoms with E-state index in [9.17, 15) is 14.4 Å². The van der Waals surface area contributed by atoms with Crippen LogP contribution < -0.4 is 5.32 Å². The monoisotopic (exact) mass is 299 g/mol. The molecule has 0 aliphatic carbocycles. The van der Waals surface area contributed by atoms with Crippen molar-refractivity contribution < 1.29 is 19.5 Å². The van der Waals surface area contributed by atoms with Gasteiger partial charge in [-0.3, -0.25) is 19.3 Å². The molecular weight excluding hydrogens is 274 g/mol. The number of nitrogens with one attached hydrogen (secondary N) is 1. The van der Waals surface area contributed by atoms with Crippen molar-refractivity contribution >= 4 is 17.8 Å². The predicted molar refractivity (Wildman–Crippen MR) is 77.7 cm³/mol. The van der Waals surface area contributed by atoms with Gasteiger partial charge in [0.15, 0.2) is 0 Å². The van der Waals surface area contributed by atoms with Crippen molar-refractivity contribution in [2.24, 2.45) is 5.92 Å². The van der Waals surface area contributed by atoms with Crippen LogP contribution in [-0.2, 0) is 14.4 Å². The number of nitrogens with zero attached hydrogens (tertiary/aromatic N) is 2. The maximum absolute atomic E-state index is 12.3. The Kier molecular flexibility index (Phi) is 6.14. The van der Waals surface area contributed by atoms with Gasteiger partial charge >= 0.3 is 5.97 Å². The number of carboxylic acids is 1. The van der Waals surface area contributed by atoms with Crippen LogP contribution in [0.5, 0.6) is 0 Å². The molecular formula is C14H25N3O4. The first-order valence-electron chi connectivity index (χ1n) is 7.26. The summed E-state index contributed by atoms with van der Waals surface area (Å²) in [7, 11) is 0. The smallest absolute Gasteiger partial charge is 0.325 e. The lowest BCUT2D eigenvalue weighted by molar-refractivity contribution is -0.143. The van der Waals surface area contributed by atoms with Crippen molar-refractivity contribution in [2.75, 3.05) is 26.2 Å². The molecule has 2 atom stereocenters. The highest BCUT2D eigenvalue weighted by Crippen LogP contribution is 2.14. The van der Waals surface area contributed by atoms with Crippen LogP contribution in [0.4, 0.5) is 0 Å². The minimum absolute atomic E-state index is 0.0414. The lowest BCUT2D eigenvalue weighted by Crippen LogP contribution is -2.58. The third-order valence-corrected chi connectivity index (χ3v) is 3.78. The Balaban J connectivity index is 2.68. The summed E-state index contributed by atoms with van der Waals surface area (Å²) in [5, 5.41) is 11.4. The summed E-state index contributed by atoms with van der Waals surface area (Å²) in [5.74, 6) is -1.21. The van der Waals surface area contributed by atoms with Crippen LogP contribution in [0, 0.1) is 5.92 Å². The number of carboxylic acid groups (broad SMARTS) is 1. The zero-order valence-corrected chi connectivity index (χ0v) is 13.1. The molecule has 1 aliphatic rings. The second-order valence-electron chi connectivity index (χ2n) is 5.80. The molecule has 0 bridgehead atoms. The van der Waals surface area contributed by atoms with Gasteiger partial charge in [0, 0.05) is 33.1 Å². The van der Waals surface area contributed by atoms with Crippen molar-refractivity contribution in [3.63, 3.8) is 0 Å². The van der Waals surface area contributed by atoms with Crippen LogP contribution in [0.15, 0.2) is 0 Å². The van der Waals surface area contributed by atoms with E-state index in [4.69, 9.17) is 5.11 Å². The second-order valence-corrected chi connectivity index (χ2v) is 5.80. The van der Waals surface area contributed by atoms with Crippen LogP contribution >= 0.6 is 0 Å². The number of rotatable bonds is 5. The van der Waals surface area contributed by atoms with E-state index in [2.05, 4.69) is 5.32 Å². The van der Waals surface area contributed by atoms with Gasteiger partial charge in [0.2, 0.25) is 11.8 Å². The minimum atomic E-state index is -1.05. The number of carbonyl (C=O) groups is 3. The third-order valence-electron chi connectivity index (χ3n) is 3.78. The maximum Gasteiger partial charge on any atom is 0.325 e. The molecule has 2 N–H and O–H groups in total. The number of carbonyl (C=O) groups excluding carboxylic acids is 2. The van der Waals surface area contributed by atoms with E-state index in [1.54, 1.807) is 4.90 Å². The molecule has 0 aromatic carbocycles. The molecule has 1 heterocycles. The number of piperazine rings is 1. The first-order chi connectivity index (χ1) is 9.73. The van der Waals surface area contributed by atoms with Crippen LogP contribution in [0.1, 0.15) is 27.7 Å². The zero-order valence-electron chi connectivity index (χ0n) is 13.1. The van der Waals surface area contributed by atoms with Gasteiger partial charge in [-0.2, -0.15) is 0 Å². The maximum atomic E-state index is 12.3. The summed E-state index contributed by atoms with van der Waals surface area (Å²) in [5.41, 5.74) is 0. The van der Waals surface area contributed by atoms with Gasteiger partial charge in [0.25, 0.3) is 0 Å². The molecule has 0 saturated carbocycles. The Morgan fingerprint density at radius 2 is 1.57 bits per heavy atom. The van der Waals surface area contributed by atoms with E-state index in [1.165, 1.54) is 13.8 Å². The molecule has 7 nitrogen and oxygen atoms in total. The molecule has 1 aliphatic heterocycles. The van der Waals surface area contributed by atoms with Crippen molar-refractivity contribution in [2.45, 2.75) is 39.8 Å². The molecule has 21 heavy (non-hydrogen) atoms. The lowest BCUT2D eigenvalue weighted by Gasteiger charge is -2.40. The van der Waals surface area contributed by atoms with Gasteiger partial charge in [-0.25, -0.2) is 0 Å². The molecule has 0 spiro atoms. The van der Waals surface area contributed by atoms with Gasteiger partial charge in [-0.15, -0.1) is 0 Å². The van der Waals surface area contributed by atoms with Crippen molar-refractivity contribution in [3.05, 3.63) is 0 Å². The second kappa shape index (κ2) is 7.40. The first-order valence-corrected chi connectivity index (χ1v) is 7.26. The molecule has 1 rings (SSSR count). The SMILES string of the molecule is CC(=O)N1CCN(C(C(=O)NC(C)C(=O)O)C(C)C)CC1. The average molecular weight is 299 g/mol. The van der Waals surface area contributed by atoms with Gasteiger partial charge in [-0.05, 0) is 12.8 Å². The molecule has 0 radical (unpaired) electrons. The third kappa shape index (κ3) is 4.70. The highest BCUT2D eigenvalue weighted by Gasteiger charge is 2.33. The first kappa shape index (κ1) is 17.4. The average Bonchev–Trinajstić information content (AvgIpc) is 2.38. The number of hydrogen-bond acceptors (Lipinski definition) is 4. The Labute approximate surface area is 125 Å². The van der Waals surface area contributed by atoms with Crippen LogP contribution in [0.2, 0.25) is 0 Å². The van der Waals surface area contributed by atoms with Crippen molar-refractivity contribution in [1.29, 1.82) is 0 Å². The fourth-order valence-electron chi connectivity index (χ4n) is 2.57. The van der Waals surface area contributed by atoms with Crippen LogP contribution in [0.3, 0.4) is 0 Å². The lowest BCUT2D eigenvalue weighted by atomic mass is 10.00. The number of amides is 2. The summed E-state index contributed by atoms with van der Waals surface area (Å²) in [4.78, 5) is 38.3. The number of aliphatic carboxylic acids is 1. The van der Waals surface area contributed by atoms with E-state index in [0.717, 1.165) is 0 Å². The largest absolute Gasteiger partial charge is 0.480 e. The van der Waals surface area contributed by atoms with E-state index >= 15 is 0 Å². The molecule has 2 unspecified atom stereocenters. The predicted octanol–water partition coefficient (Wildman–Crippen LogP) is -0.236. The van der Waals surface area contributed by atoms with Crippen molar-refractivity contribution in [1.82, 2.24) is 15.1 Å². The standard InChI is InChI=1S/C14H25N3O4/c1-9(2)12(13(19)15-10(3)14(20)21)17-7-5-16(6-8-17)11(4)18/h9-10,12H,5-8H2,1-4H3,(H,15,19)(H,20,21). The van der Waals surface area contributed by atoms with Crippen molar-refractivity contribution in [3.8, 4) is 0 Å². The quantitative estimate of drug-likeness (QED) is 0.731. The zero-order chi connectivity index (χ0) is 16.2. The highest BCUT2D eigenvalue weighted by atomic mass is 16.4. The fraction of sp³-hybridized carbons (Fsp3) is 0.786. The Morgan fingerprint density at radius 3 is 1.95 bits per heavy atom. The molecule has 0 aromatic rings. The van der Waals surface area contributed by atoms with Gasteiger partial charge in [0.05, 0.1) is 6.04 Å². The van der Waals surface area contributed by atoms with E-state index in [0.29, 0.717) is 26.2 Å². The summed E-state index contributed by atoms with van der Waals surface area (Å²) in [6, 6.07) is -1.28. The summed E-state index contributed by atoms with van der Waals surface area (Å²) >= 11 is 0. The Hall–Kier alpha value is -1.63. The molecule has 2 amide bonds. The Morgan fingerprint density at radius 1 is 1.05 bits per heavy atom. The Bertz CT molecular complexity index is 403. The number of hydrogen-bond donors (Lipinski definition) is 2. The summed E-state index contributed by atoms with van der Waals surface area (Å²) in [6.07, 6.45) is 0. The van der Waals surface area contributed by atoms with Gasteiger partial charge < -0.3 is 15.3 Å². The fourth-order valence-corrected chi connectivity index (χ4v) is 2.57. The minimum Gasteiger partial charge on any atom is -0.480 e. The molecule has 120 valence electrons. The van der Waals surface area contributed by atoms with E-state index < -0.39 is 12.0 Å². The summed E-state index contributed by atoms with van der Waals surface area (Å²) < 4.78 is 0. The van der Waals surface area contributed by atoms with Gasteiger partial charge in [-0.1, -0.05) is 13.8 Å². The summed E-state index contributed by atoms with van der Waals surface area (Å²) in [6.45, 7) is 9.30. The van der Waals surface area contributed by atoms with E-state index in [-0.39, 0.29) is 23.8 Å². The molecule has 7 heteroatoms. The topological polar surface area (TPSA) is 90.0 Å². The normalized spacial score (nSPS) is 19.2. The molecule has 1 saturated heterocycles. The van der Waals surface area contributed by atoms with Crippen LogP contribution in [0.25, 0.3) is 0 Å².